The number of aryl methyl sites for hydroxylation is 1. The summed E-state index contributed by atoms with van der Waals surface area (Å²) in [5, 5.41) is 4.67. The molecule has 0 aliphatic heterocycles. The molecule has 0 saturated carbocycles. The van der Waals surface area contributed by atoms with Gasteiger partial charge in [-0.05, 0) is 151 Å². The molecule has 1 spiro atoms. The van der Waals surface area contributed by atoms with Gasteiger partial charge in [-0.1, -0.05) is 197 Å². The molecule has 0 bridgehead atoms. The van der Waals surface area contributed by atoms with Crippen molar-refractivity contribution in [2.75, 3.05) is 4.90 Å². The first-order valence-electron chi connectivity index (χ1n) is 27.2. The molecule has 364 valence electrons. The fourth-order valence-corrected chi connectivity index (χ4v) is 15.3. The summed E-state index contributed by atoms with van der Waals surface area (Å²) < 4.78 is 14.1. The zero-order valence-electron chi connectivity index (χ0n) is 43.5. The standard InChI is InChI=1S/C74H51NO2/c1-42-31-33-44(34-32-42)75(45-35-37-50-58(39-45)73(4,5)68-64(50)66-53-25-13-18-30-62(53)77-71(66)67-49-23-11-14-26-55(49)72(2,3)69(67)68)46-36-38-51-59(40-46)74(56-27-15-9-21-47(56)48-22-10-16-28-57(48)74)60-41-54(43-19-7-6-8-20-43)70-65(63(51)60)52-24-12-17-29-61(52)76-70/h6-41H,1-5H3. The second-order valence-corrected chi connectivity index (χ2v) is 23.1. The number of fused-ring (bicyclic) bond motifs is 26. The average Bonchev–Trinajstić information content (AvgIpc) is 3.10. The van der Waals surface area contributed by atoms with Gasteiger partial charge in [0, 0.05) is 60.6 Å². The van der Waals surface area contributed by atoms with Crippen LogP contribution in [0.1, 0.15) is 77.8 Å². The van der Waals surface area contributed by atoms with Crippen LogP contribution in [0.2, 0.25) is 0 Å². The average molecular weight is 986 g/mol. The van der Waals surface area contributed by atoms with E-state index < -0.39 is 5.41 Å². The molecule has 0 radical (unpaired) electrons. The third kappa shape index (κ3) is 5.32. The van der Waals surface area contributed by atoms with Gasteiger partial charge in [0.25, 0.3) is 0 Å². The maximum atomic E-state index is 7.04. The van der Waals surface area contributed by atoms with E-state index in [4.69, 9.17) is 8.83 Å². The highest BCUT2D eigenvalue weighted by molar-refractivity contribution is 6.22. The molecule has 0 N–H and O–H groups in total. The van der Waals surface area contributed by atoms with Crippen LogP contribution in [-0.2, 0) is 16.2 Å². The van der Waals surface area contributed by atoms with Crippen LogP contribution in [0, 0.1) is 6.92 Å². The minimum atomic E-state index is -0.631. The van der Waals surface area contributed by atoms with Crippen LogP contribution in [0.4, 0.5) is 17.1 Å². The summed E-state index contributed by atoms with van der Waals surface area (Å²) >= 11 is 0. The van der Waals surface area contributed by atoms with Crippen molar-refractivity contribution in [1.82, 2.24) is 0 Å². The highest BCUT2D eigenvalue weighted by Gasteiger charge is 2.54. The van der Waals surface area contributed by atoms with Crippen molar-refractivity contribution >= 4 is 60.9 Å². The van der Waals surface area contributed by atoms with Crippen LogP contribution >= 0.6 is 0 Å². The molecule has 77 heavy (non-hydrogen) atoms. The number of benzene rings is 11. The summed E-state index contributed by atoms with van der Waals surface area (Å²) in [5.74, 6) is 0. The summed E-state index contributed by atoms with van der Waals surface area (Å²) in [7, 11) is 0. The van der Waals surface area contributed by atoms with Gasteiger partial charge in [0.1, 0.15) is 22.3 Å². The lowest BCUT2D eigenvalue weighted by atomic mass is 9.70. The molecule has 13 aromatic rings. The van der Waals surface area contributed by atoms with Crippen LogP contribution in [0.25, 0.3) is 99.5 Å². The second-order valence-electron chi connectivity index (χ2n) is 23.1. The molecule has 3 heteroatoms. The summed E-state index contributed by atoms with van der Waals surface area (Å²) in [5.41, 5.74) is 30.1. The van der Waals surface area contributed by atoms with Gasteiger partial charge in [0.2, 0.25) is 0 Å². The smallest absolute Gasteiger partial charge is 0.144 e. The van der Waals surface area contributed by atoms with E-state index in [0.717, 1.165) is 66.7 Å². The van der Waals surface area contributed by atoms with Gasteiger partial charge in [0.05, 0.1) is 5.41 Å². The monoisotopic (exact) mass is 985 g/mol. The summed E-state index contributed by atoms with van der Waals surface area (Å²) in [6.07, 6.45) is 0. The zero-order valence-corrected chi connectivity index (χ0v) is 43.5. The van der Waals surface area contributed by atoms with E-state index in [2.05, 4.69) is 258 Å². The van der Waals surface area contributed by atoms with Crippen LogP contribution < -0.4 is 4.90 Å². The first-order chi connectivity index (χ1) is 37.6. The molecule has 0 atom stereocenters. The summed E-state index contributed by atoms with van der Waals surface area (Å²) in [4.78, 5) is 2.51. The Morgan fingerprint density at radius 2 is 0.818 bits per heavy atom. The van der Waals surface area contributed by atoms with E-state index in [1.807, 2.05) is 0 Å². The quantitative estimate of drug-likeness (QED) is 0.176. The van der Waals surface area contributed by atoms with Gasteiger partial charge in [0.15, 0.2) is 0 Å². The fourth-order valence-electron chi connectivity index (χ4n) is 15.3. The molecule has 4 aliphatic carbocycles. The Labute approximate surface area is 447 Å². The topological polar surface area (TPSA) is 29.5 Å². The first-order valence-corrected chi connectivity index (χ1v) is 27.2. The summed E-state index contributed by atoms with van der Waals surface area (Å²) in [6, 6.07) is 81.5. The van der Waals surface area contributed by atoms with E-state index in [1.165, 1.54) is 100.0 Å². The highest BCUT2D eigenvalue weighted by atomic mass is 16.3. The molecule has 0 amide bonds. The Hall–Kier alpha value is -9.18. The van der Waals surface area contributed by atoms with E-state index in [9.17, 15) is 0 Å². The molecule has 2 aromatic heterocycles. The van der Waals surface area contributed by atoms with Crippen LogP contribution in [0.3, 0.4) is 0 Å². The largest absolute Gasteiger partial charge is 0.455 e. The minimum absolute atomic E-state index is 0.245. The van der Waals surface area contributed by atoms with Gasteiger partial charge in [-0.15, -0.1) is 0 Å². The van der Waals surface area contributed by atoms with E-state index in [1.54, 1.807) is 0 Å². The molecular formula is C74H51NO2. The van der Waals surface area contributed by atoms with Crippen molar-refractivity contribution < 1.29 is 8.83 Å². The first kappa shape index (κ1) is 43.1. The maximum absolute atomic E-state index is 7.04. The minimum Gasteiger partial charge on any atom is -0.455 e. The summed E-state index contributed by atoms with van der Waals surface area (Å²) in [6.45, 7) is 11.9. The van der Waals surface area contributed by atoms with Crippen molar-refractivity contribution in [3.63, 3.8) is 0 Å². The van der Waals surface area contributed by atoms with Crippen molar-refractivity contribution in [2.24, 2.45) is 0 Å². The SMILES string of the molecule is Cc1ccc(N(c2ccc3c(c2)C(C)(C)c2c4c(c5oc6ccccc6c5c2-3)-c2ccccc2C4(C)C)c2ccc3c(c2)C2(c4ccccc4-c4ccccc42)c2cc(-c4ccccc4)c4oc5ccccc5c4c2-3)cc1. The van der Waals surface area contributed by atoms with Crippen molar-refractivity contribution in [3.8, 4) is 55.6 Å². The second kappa shape index (κ2) is 14.8. The Morgan fingerprint density at radius 1 is 0.338 bits per heavy atom. The molecule has 17 rings (SSSR count). The number of hydrogen-bond donors (Lipinski definition) is 0. The van der Waals surface area contributed by atoms with Crippen molar-refractivity contribution in [1.29, 1.82) is 0 Å². The van der Waals surface area contributed by atoms with Gasteiger partial charge in [-0.2, -0.15) is 0 Å². The Kier molecular flexibility index (Phi) is 8.29. The third-order valence-electron chi connectivity index (χ3n) is 18.5. The van der Waals surface area contributed by atoms with Crippen LogP contribution in [0.5, 0.6) is 0 Å². The predicted octanol–water partition coefficient (Wildman–Crippen LogP) is 19.9. The Bertz CT molecular complexity index is 4710. The lowest BCUT2D eigenvalue weighted by Gasteiger charge is -2.33. The van der Waals surface area contributed by atoms with E-state index in [0.29, 0.717) is 0 Å². The molecule has 3 nitrogen and oxygen atoms in total. The Morgan fingerprint density at radius 3 is 1.48 bits per heavy atom. The molecular weight excluding hydrogens is 935 g/mol. The number of hydrogen-bond acceptors (Lipinski definition) is 3. The number of nitrogens with zero attached hydrogens (tertiary/aromatic N) is 1. The number of para-hydroxylation sites is 2. The lowest BCUT2D eigenvalue weighted by Crippen LogP contribution is -2.26. The molecule has 0 saturated heterocycles. The number of anilines is 3. The normalized spacial score (nSPS) is 15.1. The number of rotatable bonds is 4. The molecule has 0 fully saturated rings. The Balaban J connectivity index is 0.941. The van der Waals surface area contributed by atoms with Crippen molar-refractivity contribution in [2.45, 2.75) is 50.9 Å². The van der Waals surface area contributed by atoms with Crippen LogP contribution in [0.15, 0.2) is 227 Å². The molecule has 11 aromatic carbocycles. The number of furan rings is 2. The van der Waals surface area contributed by atoms with Crippen molar-refractivity contribution in [3.05, 3.63) is 268 Å². The van der Waals surface area contributed by atoms with Gasteiger partial charge in [-0.25, -0.2) is 0 Å². The molecule has 0 unspecified atom stereocenters. The van der Waals surface area contributed by atoms with E-state index in [-0.39, 0.29) is 10.8 Å². The van der Waals surface area contributed by atoms with Gasteiger partial charge in [-0.3, -0.25) is 0 Å². The van der Waals surface area contributed by atoms with Crippen LogP contribution in [-0.4, -0.2) is 0 Å². The molecule has 4 aliphatic rings. The maximum Gasteiger partial charge on any atom is 0.144 e. The third-order valence-corrected chi connectivity index (χ3v) is 18.5. The fraction of sp³-hybridized carbons (Fsp3) is 0.108. The lowest BCUT2D eigenvalue weighted by molar-refractivity contribution is 0.600. The van der Waals surface area contributed by atoms with Gasteiger partial charge < -0.3 is 13.7 Å². The zero-order chi connectivity index (χ0) is 51.3. The van der Waals surface area contributed by atoms with Gasteiger partial charge >= 0.3 is 0 Å². The molecule has 2 heterocycles. The predicted molar refractivity (Wildman–Crippen MR) is 317 cm³/mol. The van der Waals surface area contributed by atoms with E-state index >= 15 is 0 Å². The highest BCUT2D eigenvalue weighted by Crippen LogP contribution is 2.67.